The van der Waals surface area contributed by atoms with Crippen LogP contribution in [-0.4, -0.2) is 51.0 Å². The van der Waals surface area contributed by atoms with Crippen molar-refractivity contribution in [2.45, 2.75) is 51.7 Å². The first kappa shape index (κ1) is 26.3. The molecule has 37 heavy (non-hydrogen) atoms. The molecule has 0 aliphatic carbocycles. The molecule has 0 N–H and O–H groups in total. The number of piperazine rings is 1. The smallest absolute Gasteiger partial charge is 0.406 e. The molecule has 3 atom stereocenters. The summed E-state index contributed by atoms with van der Waals surface area (Å²) in [5.74, 6) is -1.01. The van der Waals surface area contributed by atoms with E-state index in [2.05, 4.69) is 19.6 Å². The normalized spacial score (nSPS) is 19.6. The van der Waals surface area contributed by atoms with Gasteiger partial charge in [-0.3, -0.25) is 9.47 Å². The first-order valence-electron chi connectivity index (χ1n) is 11.8. The van der Waals surface area contributed by atoms with Gasteiger partial charge in [-0.05, 0) is 38.5 Å². The number of nitriles is 1. The lowest BCUT2D eigenvalue weighted by Crippen LogP contribution is -2.58. The first-order valence-corrected chi connectivity index (χ1v) is 11.8. The zero-order chi connectivity index (χ0) is 27.1. The van der Waals surface area contributed by atoms with Crippen LogP contribution in [0.3, 0.4) is 0 Å². The van der Waals surface area contributed by atoms with E-state index < -0.39 is 29.7 Å². The molecule has 0 amide bonds. The van der Waals surface area contributed by atoms with Crippen molar-refractivity contribution in [2.75, 3.05) is 18.0 Å². The van der Waals surface area contributed by atoms with Gasteiger partial charge < -0.3 is 9.64 Å². The zero-order valence-corrected chi connectivity index (χ0v) is 20.8. The Bertz CT molecular complexity index is 1420. The topological polar surface area (TPSA) is 87.3 Å². The molecule has 0 saturated carbocycles. The van der Waals surface area contributed by atoms with Crippen molar-refractivity contribution in [2.24, 2.45) is 7.05 Å². The third kappa shape index (κ3) is 5.22. The molecule has 0 bridgehead atoms. The molecule has 1 fully saturated rings. The van der Waals surface area contributed by atoms with Gasteiger partial charge in [0, 0.05) is 49.9 Å². The van der Waals surface area contributed by atoms with Gasteiger partial charge in [0.15, 0.2) is 5.82 Å². The number of alkyl halides is 3. The molecular weight excluding hydrogens is 492 g/mol. The molecule has 4 rings (SSSR count). The highest BCUT2D eigenvalue weighted by molar-refractivity contribution is 5.86. The zero-order valence-electron chi connectivity index (χ0n) is 20.8. The Balaban J connectivity index is 1.65. The molecule has 8 nitrogen and oxygen atoms in total. The quantitative estimate of drug-likeness (QED) is 0.466. The lowest BCUT2D eigenvalue weighted by atomic mass is 9.97. The first-order chi connectivity index (χ1) is 17.4. The van der Waals surface area contributed by atoms with Gasteiger partial charge in [0.2, 0.25) is 0 Å². The number of aryl methyl sites for hydroxylation is 1. The lowest BCUT2D eigenvalue weighted by Gasteiger charge is -2.48. The highest BCUT2D eigenvalue weighted by Crippen LogP contribution is 2.35. The number of fused-ring (bicyclic) bond motifs is 1. The molecule has 1 aliphatic rings. The molecule has 12 heteroatoms. The third-order valence-electron chi connectivity index (χ3n) is 6.71. The Morgan fingerprint density at radius 2 is 1.89 bits per heavy atom. The summed E-state index contributed by atoms with van der Waals surface area (Å²) >= 11 is 0. The molecule has 196 valence electrons. The van der Waals surface area contributed by atoms with E-state index in [1.807, 2.05) is 31.7 Å². The van der Waals surface area contributed by atoms with Crippen molar-refractivity contribution in [1.82, 2.24) is 19.4 Å². The van der Waals surface area contributed by atoms with E-state index in [-0.39, 0.29) is 23.3 Å². The van der Waals surface area contributed by atoms with E-state index in [1.165, 1.54) is 10.6 Å². The molecule has 0 spiro atoms. The van der Waals surface area contributed by atoms with E-state index >= 15 is 0 Å². The molecule has 2 aromatic heterocycles. The number of hydrogen-bond acceptors (Lipinski definition) is 7. The fraction of sp³-hybridized carbons (Fsp3) is 0.440. The monoisotopic (exact) mass is 518 g/mol. The summed E-state index contributed by atoms with van der Waals surface area (Å²) in [6, 6.07) is 7.73. The minimum absolute atomic E-state index is 0.133. The SMILES string of the molecule is CCC(c1ccc(OC(F)(F)F)cc1F)N1C[C@H](C)N(c2nc(=O)n(C)c3ccc(C#N)nc23)C[C@@H]1C. The van der Waals surface area contributed by atoms with E-state index in [0.29, 0.717) is 36.4 Å². The second kappa shape index (κ2) is 9.97. The lowest BCUT2D eigenvalue weighted by molar-refractivity contribution is -0.274. The maximum absolute atomic E-state index is 14.9. The van der Waals surface area contributed by atoms with Crippen molar-refractivity contribution in [3.05, 3.63) is 57.9 Å². The van der Waals surface area contributed by atoms with E-state index in [0.717, 1.165) is 12.1 Å². The number of ether oxygens (including phenoxy) is 1. The van der Waals surface area contributed by atoms with Crippen molar-refractivity contribution in [1.29, 1.82) is 5.26 Å². The average Bonchev–Trinajstić information content (AvgIpc) is 2.83. The maximum Gasteiger partial charge on any atom is 0.573 e. The van der Waals surface area contributed by atoms with Crippen LogP contribution in [0.2, 0.25) is 0 Å². The Morgan fingerprint density at radius 3 is 2.51 bits per heavy atom. The van der Waals surface area contributed by atoms with Crippen LogP contribution in [0.15, 0.2) is 35.1 Å². The molecule has 1 saturated heterocycles. The van der Waals surface area contributed by atoms with Crippen LogP contribution < -0.4 is 15.3 Å². The van der Waals surface area contributed by atoms with Crippen LogP contribution in [0.25, 0.3) is 11.0 Å². The summed E-state index contributed by atoms with van der Waals surface area (Å²) in [5.41, 5.74) is 1.01. The highest BCUT2D eigenvalue weighted by Gasteiger charge is 2.36. The van der Waals surface area contributed by atoms with Gasteiger partial charge in [0.25, 0.3) is 0 Å². The van der Waals surface area contributed by atoms with Crippen molar-refractivity contribution < 1.29 is 22.3 Å². The minimum Gasteiger partial charge on any atom is -0.406 e. The summed E-state index contributed by atoms with van der Waals surface area (Å²) in [4.78, 5) is 25.3. The Kier molecular flexibility index (Phi) is 7.10. The number of benzene rings is 1. The van der Waals surface area contributed by atoms with E-state index in [4.69, 9.17) is 0 Å². The van der Waals surface area contributed by atoms with Gasteiger partial charge in [-0.2, -0.15) is 10.2 Å². The van der Waals surface area contributed by atoms with Crippen LogP contribution in [0, 0.1) is 17.1 Å². The standard InChI is InChI=1S/C25H26F4N6O2/c1-5-20(18-8-7-17(10-19(18)26)37-25(27,28)29)34-12-15(3)35(13-14(34)2)23-22-21(33(4)24(36)32-23)9-6-16(11-30)31-22/h6-10,14-15,20H,5,12-13H2,1-4H3/t14-,15-,20?/m0/s1. The Hall–Kier alpha value is -3.72. The molecule has 1 unspecified atom stereocenters. The third-order valence-corrected chi connectivity index (χ3v) is 6.71. The minimum atomic E-state index is -4.90. The number of nitrogens with zero attached hydrogens (tertiary/aromatic N) is 6. The number of halogens is 4. The number of hydrogen-bond donors (Lipinski definition) is 0. The van der Waals surface area contributed by atoms with Crippen LogP contribution in [-0.2, 0) is 7.05 Å². The van der Waals surface area contributed by atoms with Crippen LogP contribution >= 0.6 is 0 Å². The summed E-state index contributed by atoms with van der Waals surface area (Å²) < 4.78 is 57.8. The number of anilines is 1. The van der Waals surface area contributed by atoms with Gasteiger partial charge in [-0.15, -0.1) is 13.2 Å². The predicted octanol–water partition coefficient (Wildman–Crippen LogP) is 4.29. The van der Waals surface area contributed by atoms with Gasteiger partial charge >= 0.3 is 12.1 Å². The van der Waals surface area contributed by atoms with Crippen molar-refractivity contribution in [3.63, 3.8) is 0 Å². The second-order valence-electron chi connectivity index (χ2n) is 9.16. The summed E-state index contributed by atoms with van der Waals surface area (Å²) in [7, 11) is 1.59. The number of aromatic nitrogens is 3. The summed E-state index contributed by atoms with van der Waals surface area (Å²) in [5, 5.41) is 9.33. The van der Waals surface area contributed by atoms with Gasteiger partial charge in [-0.1, -0.05) is 13.0 Å². The molecule has 1 aromatic carbocycles. The molecule has 3 heterocycles. The predicted molar refractivity (Wildman–Crippen MR) is 129 cm³/mol. The number of pyridine rings is 1. The second-order valence-corrected chi connectivity index (χ2v) is 9.16. The maximum atomic E-state index is 14.9. The van der Waals surface area contributed by atoms with Crippen LogP contribution in [0.1, 0.15) is 44.5 Å². The summed E-state index contributed by atoms with van der Waals surface area (Å²) in [6.07, 6.45) is -4.38. The molecular formula is C25H26F4N6O2. The van der Waals surface area contributed by atoms with E-state index in [9.17, 15) is 27.6 Å². The van der Waals surface area contributed by atoms with Gasteiger partial charge in [0.05, 0.1) is 5.52 Å². The van der Waals surface area contributed by atoms with Gasteiger partial charge in [-0.25, -0.2) is 14.2 Å². The highest BCUT2D eigenvalue weighted by atomic mass is 19.4. The average molecular weight is 519 g/mol. The summed E-state index contributed by atoms with van der Waals surface area (Å²) in [6.45, 7) is 6.69. The Morgan fingerprint density at radius 1 is 1.16 bits per heavy atom. The van der Waals surface area contributed by atoms with Gasteiger partial charge in [0.1, 0.15) is 28.8 Å². The van der Waals surface area contributed by atoms with Crippen LogP contribution in [0.4, 0.5) is 23.4 Å². The largest absolute Gasteiger partial charge is 0.573 e. The van der Waals surface area contributed by atoms with Crippen molar-refractivity contribution in [3.8, 4) is 11.8 Å². The fourth-order valence-corrected chi connectivity index (χ4v) is 4.96. The number of rotatable bonds is 5. The molecule has 1 aliphatic heterocycles. The molecule has 3 aromatic rings. The van der Waals surface area contributed by atoms with Crippen LogP contribution in [0.5, 0.6) is 5.75 Å². The van der Waals surface area contributed by atoms with E-state index in [1.54, 1.807) is 19.2 Å². The fourth-order valence-electron chi connectivity index (χ4n) is 4.96. The Labute approximate surface area is 210 Å². The molecule has 0 radical (unpaired) electrons. The van der Waals surface area contributed by atoms with Crippen molar-refractivity contribution >= 4 is 16.9 Å².